The molecule has 35 heavy (non-hydrogen) atoms. The largest absolute Gasteiger partial charge is 0.347 e. The molecule has 4 aromatic rings. The van der Waals surface area contributed by atoms with E-state index in [4.69, 9.17) is 9.97 Å². The van der Waals surface area contributed by atoms with Gasteiger partial charge in [-0.1, -0.05) is 36.4 Å². The second-order valence-corrected chi connectivity index (χ2v) is 8.68. The Morgan fingerprint density at radius 1 is 0.943 bits per heavy atom. The van der Waals surface area contributed by atoms with Crippen LogP contribution in [0.5, 0.6) is 0 Å². The molecule has 0 aliphatic heterocycles. The molecule has 0 radical (unpaired) electrons. The molecule has 1 aliphatic carbocycles. The van der Waals surface area contributed by atoms with E-state index in [0.29, 0.717) is 23.7 Å². The van der Waals surface area contributed by atoms with Crippen molar-refractivity contribution in [3.63, 3.8) is 0 Å². The van der Waals surface area contributed by atoms with Crippen LogP contribution in [0.15, 0.2) is 54.6 Å². The number of benzene rings is 2. The van der Waals surface area contributed by atoms with E-state index >= 15 is 0 Å². The zero-order valence-corrected chi connectivity index (χ0v) is 20.3. The molecule has 2 aromatic carbocycles. The maximum absolute atomic E-state index is 4.75. The molecule has 0 saturated carbocycles. The summed E-state index contributed by atoms with van der Waals surface area (Å²) in [7, 11) is 2.07. The summed E-state index contributed by atoms with van der Waals surface area (Å²) in [5, 5.41) is 16.3. The van der Waals surface area contributed by atoms with E-state index in [2.05, 4.69) is 68.2 Å². The number of quaternary nitrogens is 1. The van der Waals surface area contributed by atoms with Crippen LogP contribution in [0.3, 0.4) is 0 Å². The Hall–Kier alpha value is -3.98. The minimum absolute atomic E-state index is 0.448. The third-order valence-electron chi connectivity index (χ3n) is 6.23. The van der Waals surface area contributed by atoms with Crippen LogP contribution in [0, 0.1) is 0 Å². The monoisotopic (exact) mass is 470 g/mol. The van der Waals surface area contributed by atoms with Crippen molar-refractivity contribution in [1.82, 2.24) is 25.1 Å². The van der Waals surface area contributed by atoms with E-state index in [1.807, 2.05) is 36.4 Å². The van der Waals surface area contributed by atoms with Crippen molar-refractivity contribution < 1.29 is 5.32 Å². The molecule has 9 heteroatoms. The van der Waals surface area contributed by atoms with E-state index < -0.39 is 0 Å². The number of hydrogen-bond acceptors (Lipinski definition) is 7. The molecule has 9 nitrogen and oxygen atoms in total. The van der Waals surface area contributed by atoms with Crippen LogP contribution in [-0.4, -0.2) is 51.8 Å². The van der Waals surface area contributed by atoms with E-state index in [0.717, 1.165) is 49.4 Å². The van der Waals surface area contributed by atoms with Gasteiger partial charge in [0.25, 0.3) is 0 Å². The number of anilines is 5. The number of hydrogen-bond donors (Lipinski definition) is 4. The number of likely N-dealkylation sites (N-methyl/N-ethyl adjacent to an activating group) is 2. The van der Waals surface area contributed by atoms with E-state index in [9.17, 15) is 0 Å². The first-order valence-electron chi connectivity index (χ1n) is 12.3. The lowest BCUT2D eigenvalue weighted by molar-refractivity contribution is -0.624. The smallest absolute Gasteiger partial charge is 0.235 e. The molecule has 0 unspecified atom stereocenters. The fourth-order valence-electron chi connectivity index (χ4n) is 4.35. The summed E-state index contributed by atoms with van der Waals surface area (Å²) in [4.78, 5) is 16.3. The number of rotatable bonds is 10. The summed E-state index contributed by atoms with van der Waals surface area (Å²) >= 11 is 0. The molecule has 5 rings (SSSR count). The van der Waals surface area contributed by atoms with Gasteiger partial charge in [-0.15, -0.1) is 0 Å². The second-order valence-electron chi connectivity index (χ2n) is 8.68. The van der Waals surface area contributed by atoms with Crippen LogP contribution in [0.1, 0.15) is 24.5 Å². The number of nitrogens with two attached hydrogens (primary N) is 1. The first-order valence-corrected chi connectivity index (χ1v) is 12.3. The lowest BCUT2D eigenvalue weighted by Gasteiger charge is -2.20. The summed E-state index contributed by atoms with van der Waals surface area (Å²) in [5.41, 5.74) is 5.82. The van der Waals surface area contributed by atoms with Gasteiger partial charge in [-0.2, -0.15) is 20.1 Å². The normalized spacial score (nSPS) is 12.4. The highest BCUT2D eigenvalue weighted by atomic mass is 15.3. The maximum Gasteiger partial charge on any atom is 0.235 e. The number of nitrogens with zero attached hydrogens (tertiary/aromatic N) is 5. The Kier molecular flexibility index (Phi) is 6.85. The molecule has 5 N–H and O–H groups in total. The fraction of sp³-hybridized carbons (Fsp3) is 0.308. The Labute approximate surface area is 205 Å². The molecular formula is C26H32N9+. The lowest BCUT2D eigenvalue weighted by Crippen LogP contribution is -2.81. The number of nitrogens with one attached hydrogen (secondary N) is 3. The summed E-state index contributed by atoms with van der Waals surface area (Å²) < 4.78 is 0. The van der Waals surface area contributed by atoms with Crippen LogP contribution in [-0.2, 0) is 12.8 Å². The van der Waals surface area contributed by atoms with Gasteiger partial charge in [0.15, 0.2) is 5.82 Å². The molecular weight excluding hydrogens is 438 g/mol. The second kappa shape index (κ2) is 10.5. The molecule has 180 valence electrons. The van der Waals surface area contributed by atoms with Crippen molar-refractivity contribution in [3.8, 4) is 11.3 Å². The summed E-state index contributed by atoms with van der Waals surface area (Å²) in [6, 6.07) is 18.6. The molecule has 0 amide bonds. The van der Waals surface area contributed by atoms with Crippen molar-refractivity contribution in [3.05, 3.63) is 65.7 Å². The van der Waals surface area contributed by atoms with Gasteiger partial charge >= 0.3 is 0 Å². The van der Waals surface area contributed by atoms with Crippen molar-refractivity contribution in [2.75, 3.05) is 42.2 Å². The fourth-order valence-corrected chi connectivity index (χ4v) is 4.35. The first-order chi connectivity index (χ1) is 17.2. The van der Waals surface area contributed by atoms with Crippen molar-refractivity contribution in [1.29, 1.82) is 0 Å². The third-order valence-corrected chi connectivity index (χ3v) is 6.23. The Morgan fingerprint density at radius 3 is 2.54 bits per heavy atom. The van der Waals surface area contributed by atoms with Gasteiger partial charge in [0.2, 0.25) is 17.8 Å². The van der Waals surface area contributed by atoms with Crippen LogP contribution < -0.4 is 20.9 Å². The van der Waals surface area contributed by atoms with E-state index in [-0.39, 0.29) is 0 Å². The Balaban J connectivity index is 1.43. The van der Waals surface area contributed by atoms with Gasteiger partial charge in [-0.05, 0) is 55.0 Å². The highest BCUT2D eigenvalue weighted by Crippen LogP contribution is 2.27. The Bertz CT molecular complexity index is 1270. The zero-order chi connectivity index (χ0) is 24.0. The highest BCUT2D eigenvalue weighted by molar-refractivity contribution is 5.65. The molecule has 2 aromatic heterocycles. The average molecular weight is 471 g/mol. The number of aromatic nitrogens is 5. The van der Waals surface area contributed by atoms with Crippen LogP contribution in [0.25, 0.3) is 11.3 Å². The number of H-pyrrole nitrogens is 1. The predicted octanol–water partition coefficient (Wildman–Crippen LogP) is 3.26. The topological polar surface area (TPSA) is 111 Å². The van der Waals surface area contributed by atoms with Crippen molar-refractivity contribution in [2.45, 2.75) is 26.2 Å². The van der Waals surface area contributed by atoms with Gasteiger partial charge in [0.05, 0.1) is 25.8 Å². The molecule has 0 saturated heterocycles. The Morgan fingerprint density at radius 2 is 1.74 bits per heavy atom. The lowest BCUT2D eigenvalue weighted by atomic mass is 10.1. The minimum Gasteiger partial charge on any atom is -0.347 e. The molecule has 0 bridgehead atoms. The van der Waals surface area contributed by atoms with Gasteiger partial charge in [-0.25, -0.2) is 0 Å². The predicted molar refractivity (Wildman–Crippen MR) is 139 cm³/mol. The first kappa shape index (κ1) is 22.8. The standard InChI is InChI=1S/C26H31N9/c1-3-35(15-14-27-2)26-31-24(28-21-13-12-18-10-7-11-20(18)16-21)30-25(32-26)29-23-17-22(33-34-23)19-8-5-4-6-9-19/h4-6,8-9,12-13,16-17,27H,3,7,10-11,14-15H2,1-2H3,(H3,28,29,30,31,32,33,34)/p+1. The minimum atomic E-state index is 0.448. The number of fused-ring (bicyclic) bond motifs is 1. The summed E-state index contributed by atoms with van der Waals surface area (Å²) in [6.07, 6.45) is 3.51. The third kappa shape index (κ3) is 5.41. The van der Waals surface area contributed by atoms with E-state index in [1.54, 1.807) is 0 Å². The van der Waals surface area contributed by atoms with Gasteiger partial charge in [-0.3, -0.25) is 5.10 Å². The summed E-state index contributed by atoms with van der Waals surface area (Å²) in [6.45, 7) is 4.71. The molecule has 2 heterocycles. The van der Waals surface area contributed by atoms with Gasteiger partial charge < -0.3 is 20.9 Å². The van der Waals surface area contributed by atoms with Crippen molar-refractivity contribution >= 4 is 29.4 Å². The van der Waals surface area contributed by atoms with Gasteiger partial charge in [0, 0.05) is 18.3 Å². The number of aromatic amines is 1. The zero-order valence-electron chi connectivity index (χ0n) is 20.3. The number of aryl methyl sites for hydroxylation is 2. The molecule has 0 spiro atoms. The molecule has 1 aliphatic rings. The summed E-state index contributed by atoms with van der Waals surface area (Å²) in [5.74, 6) is 2.24. The van der Waals surface area contributed by atoms with Crippen LogP contribution >= 0.6 is 0 Å². The van der Waals surface area contributed by atoms with Crippen molar-refractivity contribution in [2.24, 2.45) is 0 Å². The van der Waals surface area contributed by atoms with Crippen LogP contribution in [0.2, 0.25) is 0 Å². The SMILES string of the molecule is CCN(CC[NH2+]C)c1nc(Nc2ccc3c(c2)CCC3)nc(Nc2cc(-c3ccccc3)[nH]n2)n1. The average Bonchev–Trinajstić information content (AvgIpc) is 3.54. The molecule has 0 atom stereocenters. The van der Waals surface area contributed by atoms with Crippen LogP contribution in [0.4, 0.5) is 29.4 Å². The van der Waals surface area contributed by atoms with Gasteiger partial charge in [0.1, 0.15) is 0 Å². The quantitative estimate of drug-likeness (QED) is 0.281. The van der Waals surface area contributed by atoms with E-state index in [1.165, 1.54) is 17.5 Å². The highest BCUT2D eigenvalue weighted by Gasteiger charge is 2.16. The maximum atomic E-state index is 4.75. The molecule has 0 fully saturated rings.